The van der Waals surface area contributed by atoms with Crippen LogP contribution in [0, 0.1) is 0 Å². The van der Waals surface area contributed by atoms with E-state index in [1.165, 1.54) is 0 Å². The van der Waals surface area contributed by atoms with Gasteiger partial charge in [-0.25, -0.2) is 0 Å². The molecule has 1 atom stereocenters. The fourth-order valence-electron chi connectivity index (χ4n) is 1.11. The monoisotopic (exact) mass is 191 g/mol. The Balaban J connectivity index is 3.60. The number of rotatable bonds is 8. The SMILES string of the molecule is COCCN(CCOC)CC(C)O. The second-order valence-corrected chi connectivity index (χ2v) is 3.14. The molecule has 0 aliphatic carbocycles. The molecule has 4 nitrogen and oxygen atoms in total. The van der Waals surface area contributed by atoms with Crippen LogP contribution in [0.15, 0.2) is 0 Å². The van der Waals surface area contributed by atoms with Crippen LogP contribution in [0.5, 0.6) is 0 Å². The van der Waals surface area contributed by atoms with E-state index < -0.39 is 0 Å². The van der Waals surface area contributed by atoms with E-state index in [1.807, 2.05) is 0 Å². The quantitative estimate of drug-likeness (QED) is 0.584. The molecule has 0 aromatic rings. The number of hydrogen-bond acceptors (Lipinski definition) is 4. The van der Waals surface area contributed by atoms with Gasteiger partial charge in [0.2, 0.25) is 0 Å². The molecule has 1 N–H and O–H groups in total. The van der Waals surface area contributed by atoms with Gasteiger partial charge in [-0.1, -0.05) is 0 Å². The molecule has 0 heterocycles. The van der Waals surface area contributed by atoms with Crippen molar-refractivity contribution in [2.45, 2.75) is 13.0 Å². The molecule has 0 saturated heterocycles. The minimum Gasteiger partial charge on any atom is -0.392 e. The summed E-state index contributed by atoms with van der Waals surface area (Å²) in [7, 11) is 3.35. The molecule has 0 radical (unpaired) electrons. The number of aliphatic hydroxyl groups is 1. The summed E-state index contributed by atoms with van der Waals surface area (Å²) in [6, 6.07) is 0. The van der Waals surface area contributed by atoms with Crippen LogP contribution in [0.4, 0.5) is 0 Å². The van der Waals surface area contributed by atoms with Gasteiger partial charge in [-0.05, 0) is 6.92 Å². The van der Waals surface area contributed by atoms with Gasteiger partial charge in [0.15, 0.2) is 0 Å². The molecule has 0 fully saturated rings. The first-order valence-electron chi connectivity index (χ1n) is 4.59. The summed E-state index contributed by atoms with van der Waals surface area (Å²) in [5.74, 6) is 0. The van der Waals surface area contributed by atoms with E-state index in [0.717, 1.165) is 13.1 Å². The van der Waals surface area contributed by atoms with Crippen LogP contribution >= 0.6 is 0 Å². The number of hydrogen-bond donors (Lipinski definition) is 1. The second-order valence-electron chi connectivity index (χ2n) is 3.14. The van der Waals surface area contributed by atoms with Crippen LogP contribution in [0.1, 0.15) is 6.92 Å². The average Bonchev–Trinajstić information content (AvgIpc) is 2.09. The molecule has 80 valence electrons. The van der Waals surface area contributed by atoms with Crippen molar-refractivity contribution in [1.29, 1.82) is 0 Å². The van der Waals surface area contributed by atoms with Crippen LogP contribution in [0.2, 0.25) is 0 Å². The first kappa shape index (κ1) is 12.8. The van der Waals surface area contributed by atoms with E-state index in [0.29, 0.717) is 19.8 Å². The summed E-state index contributed by atoms with van der Waals surface area (Å²) in [6.45, 7) is 5.52. The maximum Gasteiger partial charge on any atom is 0.0639 e. The van der Waals surface area contributed by atoms with Gasteiger partial charge in [0, 0.05) is 33.9 Å². The standard InChI is InChI=1S/C9H21NO3/c1-9(11)8-10(4-6-12-2)5-7-13-3/h9,11H,4-8H2,1-3H3. The normalized spacial score (nSPS) is 13.6. The van der Waals surface area contributed by atoms with Crippen LogP contribution in [-0.4, -0.2) is 63.2 Å². The minimum absolute atomic E-state index is 0.297. The van der Waals surface area contributed by atoms with Crippen molar-refractivity contribution in [2.24, 2.45) is 0 Å². The summed E-state index contributed by atoms with van der Waals surface area (Å²) in [5, 5.41) is 9.20. The highest BCUT2D eigenvalue weighted by Gasteiger charge is 2.06. The highest BCUT2D eigenvalue weighted by atomic mass is 16.5. The molecule has 0 aromatic carbocycles. The zero-order chi connectivity index (χ0) is 10.1. The predicted molar refractivity (Wildman–Crippen MR) is 51.9 cm³/mol. The third kappa shape index (κ3) is 8.18. The van der Waals surface area contributed by atoms with Gasteiger partial charge in [0.25, 0.3) is 0 Å². The second kappa shape index (κ2) is 8.44. The van der Waals surface area contributed by atoms with Crippen LogP contribution in [-0.2, 0) is 9.47 Å². The van der Waals surface area contributed by atoms with Crippen molar-refractivity contribution in [1.82, 2.24) is 4.90 Å². The Morgan fingerprint density at radius 1 is 1.15 bits per heavy atom. The molecular formula is C9H21NO3. The lowest BCUT2D eigenvalue weighted by atomic mass is 10.3. The number of aliphatic hydroxyl groups excluding tert-OH is 1. The van der Waals surface area contributed by atoms with Crippen molar-refractivity contribution in [3.05, 3.63) is 0 Å². The van der Waals surface area contributed by atoms with E-state index in [4.69, 9.17) is 9.47 Å². The molecule has 1 unspecified atom stereocenters. The number of methoxy groups -OCH3 is 2. The van der Waals surface area contributed by atoms with E-state index in [9.17, 15) is 5.11 Å². The molecule has 0 aromatic heterocycles. The van der Waals surface area contributed by atoms with E-state index in [-0.39, 0.29) is 6.10 Å². The molecule has 0 rings (SSSR count). The first-order valence-corrected chi connectivity index (χ1v) is 4.59. The summed E-state index contributed by atoms with van der Waals surface area (Å²) in [6.07, 6.45) is -0.297. The Bertz CT molecular complexity index is 101. The summed E-state index contributed by atoms with van der Waals surface area (Å²) < 4.78 is 9.94. The Kier molecular flexibility index (Phi) is 8.33. The van der Waals surface area contributed by atoms with E-state index in [2.05, 4.69) is 4.90 Å². The molecule has 0 saturated carbocycles. The maximum atomic E-state index is 9.20. The van der Waals surface area contributed by atoms with Gasteiger partial charge < -0.3 is 14.6 Å². The van der Waals surface area contributed by atoms with Crippen molar-refractivity contribution >= 4 is 0 Å². The van der Waals surface area contributed by atoms with Gasteiger partial charge in [0.05, 0.1) is 19.3 Å². The molecule has 4 heteroatoms. The van der Waals surface area contributed by atoms with Crippen LogP contribution < -0.4 is 0 Å². The zero-order valence-corrected chi connectivity index (χ0v) is 8.82. The fraction of sp³-hybridized carbons (Fsp3) is 1.00. The van der Waals surface area contributed by atoms with Crippen LogP contribution in [0.3, 0.4) is 0 Å². The molecule has 0 aliphatic heterocycles. The lowest BCUT2D eigenvalue weighted by molar-refractivity contribution is 0.0767. The topological polar surface area (TPSA) is 41.9 Å². The van der Waals surface area contributed by atoms with Crippen molar-refractivity contribution in [3.63, 3.8) is 0 Å². The average molecular weight is 191 g/mol. The Labute approximate surface area is 80.4 Å². The fourth-order valence-corrected chi connectivity index (χ4v) is 1.11. The summed E-state index contributed by atoms with van der Waals surface area (Å²) in [4.78, 5) is 2.12. The van der Waals surface area contributed by atoms with E-state index >= 15 is 0 Å². The van der Waals surface area contributed by atoms with Gasteiger partial charge >= 0.3 is 0 Å². The first-order chi connectivity index (χ1) is 6.20. The van der Waals surface area contributed by atoms with Crippen molar-refractivity contribution < 1.29 is 14.6 Å². The predicted octanol–water partition coefficient (Wildman–Crippen LogP) is -0.0380. The lowest BCUT2D eigenvalue weighted by Crippen LogP contribution is -2.36. The molecular weight excluding hydrogens is 170 g/mol. The summed E-state index contributed by atoms with van der Waals surface area (Å²) in [5.41, 5.74) is 0. The van der Waals surface area contributed by atoms with Gasteiger partial charge in [-0.15, -0.1) is 0 Å². The number of nitrogens with zero attached hydrogens (tertiary/aromatic N) is 1. The molecule has 0 bridgehead atoms. The van der Waals surface area contributed by atoms with Crippen molar-refractivity contribution in [3.8, 4) is 0 Å². The summed E-state index contributed by atoms with van der Waals surface area (Å²) >= 11 is 0. The molecule has 0 aliphatic rings. The minimum atomic E-state index is -0.297. The number of ether oxygens (including phenoxy) is 2. The molecule has 0 spiro atoms. The van der Waals surface area contributed by atoms with E-state index in [1.54, 1.807) is 21.1 Å². The third-order valence-electron chi connectivity index (χ3n) is 1.75. The molecule has 0 amide bonds. The highest BCUT2D eigenvalue weighted by molar-refractivity contribution is 4.60. The lowest BCUT2D eigenvalue weighted by Gasteiger charge is -2.22. The Morgan fingerprint density at radius 3 is 1.92 bits per heavy atom. The van der Waals surface area contributed by atoms with Gasteiger partial charge in [0.1, 0.15) is 0 Å². The smallest absolute Gasteiger partial charge is 0.0639 e. The third-order valence-corrected chi connectivity index (χ3v) is 1.75. The molecule has 13 heavy (non-hydrogen) atoms. The largest absolute Gasteiger partial charge is 0.392 e. The van der Waals surface area contributed by atoms with Crippen LogP contribution in [0.25, 0.3) is 0 Å². The van der Waals surface area contributed by atoms with Gasteiger partial charge in [-0.3, -0.25) is 4.90 Å². The highest BCUT2D eigenvalue weighted by Crippen LogP contribution is 1.92. The maximum absolute atomic E-state index is 9.20. The Hall–Kier alpha value is -0.160. The van der Waals surface area contributed by atoms with Gasteiger partial charge in [-0.2, -0.15) is 0 Å². The Morgan fingerprint density at radius 2 is 1.62 bits per heavy atom. The van der Waals surface area contributed by atoms with Crippen molar-refractivity contribution in [2.75, 3.05) is 47.1 Å². The zero-order valence-electron chi connectivity index (χ0n) is 8.82.